The third-order valence-electron chi connectivity index (χ3n) is 5.04. The summed E-state index contributed by atoms with van der Waals surface area (Å²) in [6, 6.07) is 15.1. The Bertz CT molecular complexity index is 1000. The lowest BCUT2D eigenvalue weighted by atomic mass is 9.97. The van der Waals surface area contributed by atoms with E-state index >= 15 is 0 Å². The van der Waals surface area contributed by atoms with Crippen molar-refractivity contribution in [3.8, 4) is 0 Å². The van der Waals surface area contributed by atoms with Crippen LogP contribution in [0.3, 0.4) is 0 Å². The summed E-state index contributed by atoms with van der Waals surface area (Å²) in [6.45, 7) is 7.56. The Labute approximate surface area is 164 Å². The lowest BCUT2D eigenvalue weighted by Gasteiger charge is -2.18. The van der Waals surface area contributed by atoms with Crippen LogP contribution < -0.4 is 5.32 Å². The fourth-order valence-electron chi connectivity index (χ4n) is 3.13. The van der Waals surface area contributed by atoms with E-state index in [1.807, 2.05) is 42.5 Å². The molecule has 1 N–H and O–H groups in total. The van der Waals surface area contributed by atoms with Crippen molar-refractivity contribution in [2.75, 3.05) is 5.32 Å². The van der Waals surface area contributed by atoms with Crippen molar-refractivity contribution < 1.29 is 18.7 Å². The van der Waals surface area contributed by atoms with Crippen LogP contribution in [-0.2, 0) is 9.53 Å². The number of carbonyl (C=O) groups excluding carboxylic acids is 2. The minimum Gasteiger partial charge on any atom is -0.449 e. The summed E-state index contributed by atoms with van der Waals surface area (Å²) in [5, 5.41) is 3.73. The van der Waals surface area contributed by atoms with Gasteiger partial charge < -0.3 is 14.5 Å². The third kappa shape index (κ3) is 3.93. The second kappa shape index (κ2) is 8.30. The van der Waals surface area contributed by atoms with E-state index in [1.165, 1.54) is 0 Å². The number of furan rings is 1. The summed E-state index contributed by atoms with van der Waals surface area (Å²) in [5.74, 6) is -0.585. The molecule has 5 heteroatoms. The highest BCUT2D eigenvalue weighted by molar-refractivity contribution is 5.99. The molecule has 3 rings (SSSR count). The molecule has 0 saturated carbocycles. The van der Waals surface area contributed by atoms with Crippen LogP contribution in [-0.4, -0.2) is 18.0 Å². The number of anilines is 1. The Kier molecular flexibility index (Phi) is 5.83. The zero-order valence-corrected chi connectivity index (χ0v) is 16.6. The van der Waals surface area contributed by atoms with Gasteiger partial charge >= 0.3 is 5.97 Å². The molecule has 28 heavy (non-hydrogen) atoms. The molecule has 0 radical (unpaired) electrons. The molecule has 0 aliphatic heterocycles. The predicted molar refractivity (Wildman–Crippen MR) is 110 cm³/mol. The number of rotatable bonds is 6. The Morgan fingerprint density at radius 1 is 1.07 bits per heavy atom. The van der Waals surface area contributed by atoms with Gasteiger partial charge in [-0.1, -0.05) is 50.2 Å². The molecule has 0 fully saturated rings. The lowest BCUT2D eigenvalue weighted by molar-refractivity contribution is -0.123. The molecule has 1 amide bonds. The summed E-state index contributed by atoms with van der Waals surface area (Å²) in [6.07, 6.45) is 0.00745. The van der Waals surface area contributed by atoms with E-state index < -0.39 is 12.1 Å². The molecule has 1 aromatic heterocycles. The first-order valence-corrected chi connectivity index (χ1v) is 9.51. The maximum Gasteiger partial charge on any atom is 0.375 e. The monoisotopic (exact) mass is 379 g/mol. The van der Waals surface area contributed by atoms with Crippen LogP contribution in [0.25, 0.3) is 11.0 Å². The van der Waals surface area contributed by atoms with Crippen LogP contribution in [0.4, 0.5) is 5.69 Å². The smallest absolute Gasteiger partial charge is 0.375 e. The minimum absolute atomic E-state index is 0.126. The van der Waals surface area contributed by atoms with E-state index in [1.54, 1.807) is 19.9 Å². The van der Waals surface area contributed by atoms with Gasteiger partial charge in [0, 0.05) is 16.6 Å². The van der Waals surface area contributed by atoms with Crippen molar-refractivity contribution >= 4 is 28.5 Å². The Morgan fingerprint density at radius 3 is 2.46 bits per heavy atom. The van der Waals surface area contributed by atoms with Gasteiger partial charge in [-0.3, -0.25) is 4.79 Å². The van der Waals surface area contributed by atoms with Gasteiger partial charge in [0.25, 0.3) is 5.91 Å². The number of nitrogens with one attached hydrogen (secondary N) is 1. The van der Waals surface area contributed by atoms with Crippen molar-refractivity contribution in [1.82, 2.24) is 0 Å². The second-order valence-corrected chi connectivity index (χ2v) is 6.99. The maximum absolute atomic E-state index is 12.6. The Balaban J connectivity index is 1.72. The Hall–Kier alpha value is -3.08. The van der Waals surface area contributed by atoms with Gasteiger partial charge in [-0.2, -0.15) is 0 Å². The Morgan fingerprint density at radius 2 is 1.75 bits per heavy atom. The highest BCUT2D eigenvalue weighted by atomic mass is 16.6. The molecule has 0 aliphatic carbocycles. The van der Waals surface area contributed by atoms with Crippen LogP contribution >= 0.6 is 0 Å². The zero-order chi connectivity index (χ0) is 20.3. The first kappa shape index (κ1) is 19.7. The largest absolute Gasteiger partial charge is 0.449 e. The highest BCUT2D eigenvalue weighted by Crippen LogP contribution is 2.27. The van der Waals surface area contributed by atoms with Crippen LogP contribution in [0.2, 0.25) is 0 Å². The van der Waals surface area contributed by atoms with E-state index in [0.717, 1.165) is 23.1 Å². The molecule has 3 aromatic rings. The number of ether oxygens (including phenoxy) is 1. The van der Waals surface area contributed by atoms with E-state index in [4.69, 9.17) is 9.15 Å². The number of fused-ring (bicyclic) bond motifs is 1. The number of hydrogen-bond acceptors (Lipinski definition) is 4. The zero-order valence-electron chi connectivity index (χ0n) is 16.6. The average molecular weight is 379 g/mol. The van der Waals surface area contributed by atoms with E-state index in [-0.39, 0.29) is 11.7 Å². The average Bonchev–Trinajstić information content (AvgIpc) is 3.04. The van der Waals surface area contributed by atoms with Gasteiger partial charge in [-0.15, -0.1) is 0 Å². The molecule has 0 bridgehead atoms. The number of amides is 1. The molecule has 1 heterocycles. The topological polar surface area (TPSA) is 68.5 Å². The molecule has 0 unspecified atom stereocenters. The number of carbonyl (C=O) groups is 2. The predicted octanol–water partition coefficient (Wildman–Crippen LogP) is 5.44. The van der Waals surface area contributed by atoms with Crippen molar-refractivity contribution in [2.45, 2.75) is 46.1 Å². The first-order chi connectivity index (χ1) is 13.4. The fraction of sp³-hybridized carbons (Fsp3) is 0.304. The highest BCUT2D eigenvalue weighted by Gasteiger charge is 2.24. The first-order valence-electron chi connectivity index (χ1n) is 9.51. The number of hydrogen-bond donors (Lipinski definition) is 1. The van der Waals surface area contributed by atoms with Gasteiger partial charge in [0.2, 0.25) is 5.76 Å². The van der Waals surface area contributed by atoms with E-state index in [0.29, 0.717) is 17.1 Å². The number of aryl methyl sites for hydroxylation is 1. The van der Waals surface area contributed by atoms with Crippen LogP contribution in [0.1, 0.15) is 54.8 Å². The van der Waals surface area contributed by atoms with Gasteiger partial charge in [-0.25, -0.2) is 4.79 Å². The molecule has 5 nitrogen and oxygen atoms in total. The quantitative estimate of drug-likeness (QED) is 0.579. The normalized spacial score (nSPS) is 13.1. The van der Waals surface area contributed by atoms with Crippen LogP contribution in [0.5, 0.6) is 0 Å². The number of para-hydroxylation sites is 2. The van der Waals surface area contributed by atoms with Crippen LogP contribution in [0, 0.1) is 6.92 Å². The molecule has 0 saturated heterocycles. The summed E-state index contributed by atoms with van der Waals surface area (Å²) >= 11 is 0. The maximum atomic E-state index is 12.6. The van der Waals surface area contributed by atoms with Gasteiger partial charge in [-0.05, 0) is 43.9 Å². The molecule has 0 spiro atoms. The number of esters is 1. The second-order valence-electron chi connectivity index (χ2n) is 6.99. The summed E-state index contributed by atoms with van der Waals surface area (Å²) < 4.78 is 11.0. The standard InChI is InChI=1S/C23H25NO4/c1-5-14(2)17-10-6-8-12-19(17)24-22(25)16(4)27-23(26)21-15(3)18-11-7-9-13-20(18)28-21/h6-14,16H,5H2,1-4H3,(H,24,25)/t14-,16+/m1/s1. The molecule has 2 aromatic carbocycles. The molecule has 2 atom stereocenters. The van der Waals surface area contributed by atoms with Crippen molar-refractivity contribution in [3.63, 3.8) is 0 Å². The minimum atomic E-state index is -0.954. The van der Waals surface area contributed by atoms with E-state index in [9.17, 15) is 9.59 Å². The van der Waals surface area contributed by atoms with Crippen molar-refractivity contribution in [2.24, 2.45) is 0 Å². The van der Waals surface area contributed by atoms with E-state index in [2.05, 4.69) is 19.2 Å². The van der Waals surface area contributed by atoms with Gasteiger partial charge in [0.1, 0.15) is 5.58 Å². The SMILES string of the molecule is CC[C@@H](C)c1ccccc1NC(=O)[C@H](C)OC(=O)c1oc2ccccc2c1C. The van der Waals surface area contributed by atoms with Crippen LogP contribution in [0.15, 0.2) is 52.9 Å². The van der Waals surface area contributed by atoms with Crippen molar-refractivity contribution in [1.29, 1.82) is 0 Å². The summed E-state index contributed by atoms with van der Waals surface area (Å²) in [4.78, 5) is 25.1. The molecule has 0 aliphatic rings. The van der Waals surface area contributed by atoms with Gasteiger partial charge in [0.05, 0.1) is 0 Å². The number of benzene rings is 2. The third-order valence-corrected chi connectivity index (χ3v) is 5.04. The molecular weight excluding hydrogens is 354 g/mol. The fourth-order valence-corrected chi connectivity index (χ4v) is 3.13. The molecular formula is C23H25NO4. The van der Waals surface area contributed by atoms with Gasteiger partial charge in [0.15, 0.2) is 6.10 Å². The van der Waals surface area contributed by atoms with Crippen molar-refractivity contribution in [3.05, 3.63) is 65.4 Å². The lowest BCUT2D eigenvalue weighted by Crippen LogP contribution is -2.30. The molecule has 146 valence electrons. The summed E-state index contributed by atoms with van der Waals surface area (Å²) in [5.41, 5.74) is 3.12. The summed E-state index contributed by atoms with van der Waals surface area (Å²) in [7, 11) is 0.